The smallest absolute Gasteiger partial charge is 0.252 e. The second kappa shape index (κ2) is 6.46. The van der Waals surface area contributed by atoms with Crippen LogP contribution in [0, 0.1) is 6.92 Å². The van der Waals surface area contributed by atoms with Gasteiger partial charge in [0.05, 0.1) is 0 Å². The van der Waals surface area contributed by atoms with Crippen LogP contribution in [0.4, 0.5) is 0 Å². The normalized spacial score (nSPS) is 11.0. The van der Waals surface area contributed by atoms with E-state index in [1.165, 1.54) is 0 Å². The molecule has 0 bridgehead atoms. The summed E-state index contributed by atoms with van der Waals surface area (Å²) in [6.07, 6.45) is 0. The maximum Gasteiger partial charge on any atom is 0.252 e. The van der Waals surface area contributed by atoms with Crippen LogP contribution < -0.4 is 5.73 Å². The van der Waals surface area contributed by atoms with E-state index >= 15 is 0 Å². The molecule has 0 amide bonds. The van der Waals surface area contributed by atoms with Gasteiger partial charge in [-0.25, -0.2) is 0 Å². The number of hydrogen-bond donors (Lipinski definition) is 1. The van der Waals surface area contributed by atoms with E-state index in [1.807, 2.05) is 24.3 Å². The molecule has 0 aliphatic heterocycles. The van der Waals surface area contributed by atoms with Gasteiger partial charge in [-0.1, -0.05) is 34.6 Å². The molecular weight excluding hydrogens is 286 g/mol. The van der Waals surface area contributed by atoms with Crippen LogP contribution in [0.1, 0.15) is 23.2 Å². The molecule has 3 aromatic rings. The van der Waals surface area contributed by atoms with Gasteiger partial charge in [0, 0.05) is 12.1 Å². The highest BCUT2D eigenvalue weighted by molar-refractivity contribution is 5.54. The third kappa shape index (κ3) is 3.35. The van der Waals surface area contributed by atoms with E-state index in [1.54, 1.807) is 6.92 Å². The molecule has 8 nitrogen and oxygen atoms in total. The van der Waals surface area contributed by atoms with Crippen LogP contribution >= 0.6 is 0 Å². The molecule has 2 N–H and O–H groups in total. The van der Waals surface area contributed by atoms with Gasteiger partial charge in [0.2, 0.25) is 5.82 Å². The van der Waals surface area contributed by atoms with Crippen molar-refractivity contribution in [1.29, 1.82) is 0 Å². The monoisotopic (exact) mass is 301 g/mol. The van der Waals surface area contributed by atoms with Crippen LogP contribution in [0.3, 0.4) is 0 Å². The Labute approximate surface area is 126 Å². The molecule has 0 saturated carbocycles. The van der Waals surface area contributed by atoms with E-state index in [9.17, 15) is 0 Å². The third-order valence-corrected chi connectivity index (χ3v) is 2.94. The lowest BCUT2D eigenvalue weighted by atomic mass is 10.1. The molecule has 8 heteroatoms. The minimum absolute atomic E-state index is 0.176. The molecule has 0 fully saturated rings. The van der Waals surface area contributed by atoms with Gasteiger partial charge in [-0.3, -0.25) is 0 Å². The summed E-state index contributed by atoms with van der Waals surface area (Å²) in [5.74, 6) is 1.87. The Morgan fingerprint density at radius 3 is 2.32 bits per heavy atom. The maximum absolute atomic E-state index is 5.56. The number of benzene rings is 1. The first-order valence-corrected chi connectivity index (χ1v) is 6.73. The van der Waals surface area contributed by atoms with Crippen molar-refractivity contribution in [2.24, 2.45) is 5.73 Å². The quantitative estimate of drug-likeness (QED) is 0.730. The molecule has 0 aliphatic carbocycles. The second-order valence-corrected chi connectivity index (χ2v) is 4.64. The number of ether oxygens (including phenoxy) is 1. The minimum atomic E-state index is 0.176. The SMILES string of the molecule is Cc1noc(COCc2nc(-c3ccc(CN)cc3)no2)n1. The fraction of sp³-hybridized carbons (Fsp3) is 0.286. The fourth-order valence-electron chi connectivity index (χ4n) is 1.84. The van der Waals surface area contributed by atoms with E-state index in [0.717, 1.165) is 11.1 Å². The molecular formula is C14H15N5O3. The van der Waals surface area contributed by atoms with Crippen molar-refractivity contribution >= 4 is 0 Å². The minimum Gasteiger partial charge on any atom is -0.362 e. The zero-order valence-electron chi connectivity index (χ0n) is 12.0. The summed E-state index contributed by atoms with van der Waals surface area (Å²) in [7, 11) is 0. The molecule has 3 rings (SSSR count). The third-order valence-electron chi connectivity index (χ3n) is 2.94. The summed E-state index contributed by atoms with van der Waals surface area (Å²) in [5.41, 5.74) is 7.47. The summed E-state index contributed by atoms with van der Waals surface area (Å²) in [6.45, 7) is 2.62. The van der Waals surface area contributed by atoms with E-state index in [-0.39, 0.29) is 13.2 Å². The maximum atomic E-state index is 5.56. The first kappa shape index (κ1) is 14.4. The summed E-state index contributed by atoms with van der Waals surface area (Å²) >= 11 is 0. The Hall–Kier alpha value is -2.58. The van der Waals surface area contributed by atoms with Crippen molar-refractivity contribution in [2.75, 3.05) is 0 Å². The Balaban J connectivity index is 1.58. The lowest BCUT2D eigenvalue weighted by Gasteiger charge is -1.97. The Morgan fingerprint density at radius 1 is 1.00 bits per heavy atom. The molecule has 1 aromatic carbocycles. The standard InChI is InChI=1S/C14H15N5O3/c1-9-16-12(21-18-9)7-20-8-13-17-14(19-22-13)11-4-2-10(6-15)3-5-11/h2-5H,6-8,15H2,1H3. The molecule has 0 unspecified atom stereocenters. The Bertz CT molecular complexity index is 735. The highest BCUT2D eigenvalue weighted by Gasteiger charge is 2.10. The zero-order chi connectivity index (χ0) is 15.4. The lowest BCUT2D eigenvalue weighted by molar-refractivity contribution is 0.0668. The topological polar surface area (TPSA) is 113 Å². The highest BCUT2D eigenvalue weighted by Crippen LogP contribution is 2.17. The van der Waals surface area contributed by atoms with Crippen LogP contribution in [-0.2, 0) is 24.5 Å². The van der Waals surface area contributed by atoms with E-state index in [0.29, 0.717) is 30.0 Å². The van der Waals surface area contributed by atoms with Crippen LogP contribution in [0.2, 0.25) is 0 Å². The van der Waals surface area contributed by atoms with E-state index in [2.05, 4.69) is 20.3 Å². The molecule has 2 aromatic heterocycles. The summed E-state index contributed by atoms with van der Waals surface area (Å²) in [5, 5.41) is 7.60. The first-order valence-electron chi connectivity index (χ1n) is 6.73. The van der Waals surface area contributed by atoms with Crippen molar-refractivity contribution < 1.29 is 13.8 Å². The lowest BCUT2D eigenvalue weighted by Crippen LogP contribution is -1.96. The first-order chi connectivity index (χ1) is 10.7. The Kier molecular flexibility index (Phi) is 4.22. The zero-order valence-corrected chi connectivity index (χ0v) is 12.0. The number of nitrogens with zero attached hydrogens (tertiary/aromatic N) is 4. The molecule has 0 radical (unpaired) electrons. The van der Waals surface area contributed by atoms with Gasteiger partial charge in [-0.05, 0) is 12.5 Å². The van der Waals surface area contributed by atoms with Crippen molar-refractivity contribution in [3.63, 3.8) is 0 Å². The number of nitrogens with two attached hydrogens (primary N) is 1. The van der Waals surface area contributed by atoms with Gasteiger partial charge in [0.25, 0.3) is 11.8 Å². The van der Waals surface area contributed by atoms with Gasteiger partial charge in [-0.2, -0.15) is 9.97 Å². The Morgan fingerprint density at radius 2 is 1.68 bits per heavy atom. The summed E-state index contributed by atoms with van der Waals surface area (Å²) < 4.78 is 15.5. The van der Waals surface area contributed by atoms with Gasteiger partial charge >= 0.3 is 0 Å². The molecule has 0 aliphatic rings. The van der Waals surface area contributed by atoms with Crippen LogP contribution in [0.15, 0.2) is 33.3 Å². The predicted molar refractivity (Wildman–Crippen MR) is 75.2 cm³/mol. The van der Waals surface area contributed by atoms with Crippen LogP contribution in [-0.4, -0.2) is 20.3 Å². The number of aryl methyl sites for hydroxylation is 1. The van der Waals surface area contributed by atoms with E-state index in [4.69, 9.17) is 19.5 Å². The van der Waals surface area contributed by atoms with Gasteiger partial charge in [-0.15, -0.1) is 0 Å². The largest absolute Gasteiger partial charge is 0.362 e. The number of aromatic nitrogens is 4. The van der Waals surface area contributed by atoms with Crippen molar-refractivity contribution in [3.05, 3.63) is 47.4 Å². The molecule has 22 heavy (non-hydrogen) atoms. The van der Waals surface area contributed by atoms with Crippen molar-refractivity contribution in [3.8, 4) is 11.4 Å². The average molecular weight is 301 g/mol. The van der Waals surface area contributed by atoms with Crippen molar-refractivity contribution in [2.45, 2.75) is 26.7 Å². The average Bonchev–Trinajstić information content (AvgIpc) is 3.17. The second-order valence-electron chi connectivity index (χ2n) is 4.64. The van der Waals surface area contributed by atoms with Crippen LogP contribution in [0.5, 0.6) is 0 Å². The molecule has 0 spiro atoms. The fourth-order valence-corrected chi connectivity index (χ4v) is 1.84. The molecule has 2 heterocycles. The van der Waals surface area contributed by atoms with Gasteiger partial charge in [0.1, 0.15) is 13.2 Å². The summed E-state index contributed by atoms with van der Waals surface area (Å²) in [6, 6.07) is 7.66. The van der Waals surface area contributed by atoms with Crippen LogP contribution in [0.25, 0.3) is 11.4 Å². The molecule has 114 valence electrons. The number of hydrogen-bond acceptors (Lipinski definition) is 8. The highest BCUT2D eigenvalue weighted by atomic mass is 16.5. The summed E-state index contributed by atoms with van der Waals surface area (Å²) in [4.78, 5) is 8.30. The number of rotatable bonds is 6. The van der Waals surface area contributed by atoms with Gasteiger partial charge in [0.15, 0.2) is 5.82 Å². The van der Waals surface area contributed by atoms with Gasteiger partial charge < -0.3 is 19.5 Å². The van der Waals surface area contributed by atoms with Crippen molar-refractivity contribution in [1.82, 2.24) is 20.3 Å². The molecule has 0 saturated heterocycles. The molecule has 0 atom stereocenters. The predicted octanol–water partition coefficient (Wildman–Crippen LogP) is 1.60. The van der Waals surface area contributed by atoms with E-state index < -0.39 is 0 Å².